The molecule has 0 saturated heterocycles. The Kier molecular flexibility index (Phi) is 4.15. The summed E-state index contributed by atoms with van der Waals surface area (Å²) in [5.74, 6) is 0.258. The summed E-state index contributed by atoms with van der Waals surface area (Å²) in [7, 11) is 0. The zero-order chi connectivity index (χ0) is 13.1. The monoisotopic (exact) mass is 244 g/mol. The first-order valence-corrected chi connectivity index (χ1v) is 5.28. The molecule has 94 valence electrons. The predicted octanol–water partition coefficient (Wildman–Crippen LogP) is 4.15. The van der Waals surface area contributed by atoms with Crippen molar-refractivity contribution >= 4 is 11.4 Å². The molecule has 0 fully saturated rings. The van der Waals surface area contributed by atoms with E-state index in [-0.39, 0.29) is 5.92 Å². The SMILES string of the molecule is CC(=NNc1cccc(C(F)(F)F)c1)C(C)C. The zero-order valence-electron chi connectivity index (χ0n) is 9.97. The number of anilines is 1. The van der Waals surface area contributed by atoms with Gasteiger partial charge in [0, 0.05) is 5.71 Å². The molecule has 0 heterocycles. The van der Waals surface area contributed by atoms with E-state index in [1.807, 2.05) is 20.8 Å². The van der Waals surface area contributed by atoms with Crippen LogP contribution in [0.3, 0.4) is 0 Å². The molecule has 0 saturated carbocycles. The van der Waals surface area contributed by atoms with Gasteiger partial charge in [-0.05, 0) is 31.0 Å². The van der Waals surface area contributed by atoms with E-state index >= 15 is 0 Å². The van der Waals surface area contributed by atoms with Crippen LogP contribution in [0.2, 0.25) is 0 Å². The molecule has 0 unspecified atom stereocenters. The topological polar surface area (TPSA) is 24.4 Å². The van der Waals surface area contributed by atoms with E-state index in [9.17, 15) is 13.2 Å². The van der Waals surface area contributed by atoms with Crippen LogP contribution in [0.5, 0.6) is 0 Å². The maximum absolute atomic E-state index is 12.4. The quantitative estimate of drug-likeness (QED) is 0.627. The Balaban J connectivity index is 2.84. The first kappa shape index (κ1) is 13.5. The van der Waals surface area contributed by atoms with Crippen LogP contribution in [0.4, 0.5) is 18.9 Å². The van der Waals surface area contributed by atoms with Crippen LogP contribution in [0.15, 0.2) is 29.4 Å². The lowest BCUT2D eigenvalue weighted by Gasteiger charge is -2.09. The van der Waals surface area contributed by atoms with Crippen molar-refractivity contribution in [2.75, 3.05) is 5.43 Å². The van der Waals surface area contributed by atoms with E-state index in [2.05, 4.69) is 10.5 Å². The van der Waals surface area contributed by atoms with E-state index in [1.54, 1.807) is 6.07 Å². The first-order chi connectivity index (χ1) is 7.80. The molecule has 1 aromatic rings. The lowest BCUT2D eigenvalue weighted by Crippen LogP contribution is -2.07. The minimum atomic E-state index is -4.32. The van der Waals surface area contributed by atoms with E-state index in [1.165, 1.54) is 6.07 Å². The Hall–Kier alpha value is -1.52. The van der Waals surface area contributed by atoms with Crippen LogP contribution in [-0.4, -0.2) is 5.71 Å². The fourth-order valence-electron chi connectivity index (χ4n) is 1.05. The van der Waals surface area contributed by atoms with E-state index in [0.29, 0.717) is 5.69 Å². The molecular weight excluding hydrogens is 229 g/mol. The second kappa shape index (κ2) is 5.21. The molecular formula is C12H15F3N2. The maximum atomic E-state index is 12.4. The number of rotatable bonds is 3. The molecule has 0 spiro atoms. The Labute approximate surface area is 98.5 Å². The second-order valence-electron chi connectivity index (χ2n) is 4.10. The third kappa shape index (κ3) is 4.09. The van der Waals surface area contributed by atoms with Gasteiger partial charge < -0.3 is 0 Å². The number of benzene rings is 1. The Morgan fingerprint density at radius 1 is 1.29 bits per heavy atom. The zero-order valence-corrected chi connectivity index (χ0v) is 9.97. The summed E-state index contributed by atoms with van der Waals surface area (Å²) in [6, 6.07) is 4.97. The first-order valence-electron chi connectivity index (χ1n) is 5.28. The van der Waals surface area contributed by atoms with Crippen LogP contribution in [0.1, 0.15) is 26.3 Å². The van der Waals surface area contributed by atoms with Gasteiger partial charge in [0.05, 0.1) is 11.3 Å². The highest BCUT2D eigenvalue weighted by atomic mass is 19.4. The molecule has 0 aliphatic rings. The van der Waals surface area contributed by atoms with Crippen molar-refractivity contribution in [1.82, 2.24) is 0 Å². The molecule has 0 aliphatic carbocycles. The van der Waals surface area contributed by atoms with Gasteiger partial charge in [-0.25, -0.2) is 0 Å². The Morgan fingerprint density at radius 3 is 2.47 bits per heavy atom. The van der Waals surface area contributed by atoms with Crippen molar-refractivity contribution < 1.29 is 13.2 Å². The summed E-state index contributed by atoms with van der Waals surface area (Å²) in [4.78, 5) is 0. The molecule has 17 heavy (non-hydrogen) atoms. The summed E-state index contributed by atoms with van der Waals surface area (Å²) < 4.78 is 37.3. The van der Waals surface area contributed by atoms with Gasteiger partial charge in [0.15, 0.2) is 0 Å². The molecule has 1 rings (SSSR count). The summed E-state index contributed by atoms with van der Waals surface area (Å²) in [5.41, 5.74) is 3.11. The number of hydrogen-bond donors (Lipinski definition) is 1. The van der Waals surface area contributed by atoms with Crippen molar-refractivity contribution in [2.45, 2.75) is 26.9 Å². The van der Waals surface area contributed by atoms with Gasteiger partial charge in [0.2, 0.25) is 0 Å². The largest absolute Gasteiger partial charge is 0.416 e. The van der Waals surface area contributed by atoms with Gasteiger partial charge in [0.25, 0.3) is 0 Å². The smallest absolute Gasteiger partial charge is 0.279 e. The van der Waals surface area contributed by atoms with Crippen molar-refractivity contribution in [1.29, 1.82) is 0 Å². The average molecular weight is 244 g/mol. The standard InChI is InChI=1S/C12H15F3N2/c1-8(2)9(3)16-17-11-6-4-5-10(7-11)12(13,14)15/h4-8,17H,1-3H3. The molecule has 0 amide bonds. The lowest BCUT2D eigenvalue weighted by molar-refractivity contribution is -0.137. The van der Waals surface area contributed by atoms with Gasteiger partial charge in [-0.2, -0.15) is 18.3 Å². The number of hydrogen-bond acceptors (Lipinski definition) is 2. The highest BCUT2D eigenvalue weighted by Gasteiger charge is 2.30. The normalized spacial score (nSPS) is 13.0. The van der Waals surface area contributed by atoms with E-state index < -0.39 is 11.7 Å². The second-order valence-corrected chi connectivity index (χ2v) is 4.10. The molecule has 0 aromatic heterocycles. The number of hydrazone groups is 1. The molecule has 2 nitrogen and oxygen atoms in total. The van der Waals surface area contributed by atoms with Crippen LogP contribution >= 0.6 is 0 Å². The minimum absolute atomic E-state index is 0.258. The van der Waals surface area contributed by atoms with Crippen LogP contribution in [0.25, 0.3) is 0 Å². The molecule has 0 radical (unpaired) electrons. The summed E-state index contributed by atoms with van der Waals surface area (Å²) in [5, 5.41) is 4.02. The minimum Gasteiger partial charge on any atom is -0.279 e. The molecule has 5 heteroatoms. The fraction of sp³-hybridized carbons (Fsp3) is 0.417. The van der Waals surface area contributed by atoms with Crippen molar-refractivity contribution in [3.8, 4) is 0 Å². The van der Waals surface area contributed by atoms with Crippen molar-refractivity contribution in [2.24, 2.45) is 11.0 Å². The van der Waals surface area contributed by atoms with Gasteiger partial charge in [0.1, 0.15) is 0 Å². The van der Waals surface area contributed by atoms with Gasteiger partial charge in [-0.1, -0.05) is 19.9 Å². The number of nitrogens with zero attached hydrogens (tertiary/aromatic N) is 1. The third-order valence-electron chi connectivity index (χ3n) is 2.39. The highest BCUT2D eigenvalue weighted by molar-refractivity contribution is 5.84. The number of nitrogens with one attached hydrogen (secondary N) is 1. The molecule has 0 atom stereocenters. The van der Waals surface area contributed by atoms with E-state index in [0.717, 1.165) is 17.8 Å². The van der Waals surface area contributed by atoms with Crippen LogP contribution < -0.4 is 5.43 Å². The Morgan fingerprint density at radius 2 is 1.94 bits per heavy atom. The third-order valence-corrected chi connectivity index (χ3v) is 2.39. The molecule has 0 aliphatic heterocycles. The maximum Gasteiger partial charge on any atom is 0.416 e. The molecule has 1 aromatic carbocycles. The lowest BCUT2D eigenvalue weighted by atomic mass is 10.1. The summed E-state index contributed by atoms with van der Waals surface area (Å²) in [6.45, 7) is 5.75. The fourth-order valence-corrected chi connectivity index (χ4v) is 1.05. The number of alkyl halides is 3. The van der Waals surface area contributed by atoms with Gasteiger partial charge in [-0.15, -0.1) is 0 Å². The van der Waals surface area contributed by atoms with Gasteiger partial charge >= 0.3 is 6.18 Å². The van der Waals surface area contributed by atoms with Crippen molar-refractivity contribution in [3.05, 3.63) is 29.8 Å². The number of halogens is 3. The molecule has 0 bridgehead atoms. The Bertz CT molecular complexity index is 408. The average Bonchev–Trinajstić information content (AvgIpc) is 2.25. The van der Waals surface area contributed by atoms with Crippen molar-refractivity contribution in [3.63, 3.8) is 0 Å². The van der Waals surface area contributed by atoms with E-state index in [4.69, 9.17) is 0 Å². The summed E-state index contributed by atoms with van der Waals surface area (Å²) >= 11 is 0. The van der Waals surface area contributed by atoms with Gasteiger partial charge in [-0.3, -0.25) is 5.43 Å². The van der Waals surface area contributed by atoms with Crippen LogP contribution in [-0.2, 0) is 6.18 Å². The van der Waals surface area contributed by atoms with Crippen LogP contribution in [0, 0.1) is 5.92 Å². The summed E-state index contributed by atoms with van der Waals surface area (Å²) in [6.07, 6.45) is -4.32. The predicted molar refractivity (Wildman–Crippen MR) is 63.0 cm³/mol. The molecule has 1 N–H and O–H groups in total. The highest BCUT2D eigenvalue weighted by Crippen LogP contribution is 2.30.